The summed E-state index contributed by atoms with van der Waals surface area (Å²) in [5, 5.41) is 17.6. The summed E-state index contributed by atoms with van der Waals surface area (Å²) >= 11 is 3.09. The smallest absolute Gasteiger partial charge is 0.308 e. The molecule has 0 atom stereocenters. The van der Waals surface area contributed by atoms with Gasteiger partial charge in [0.15, 0.2) is 0 Å². The van der Waals surface area contributed by atoms with Gasteiger partial charge in [-0.3, -0.25) is 9.78 Å². The molecule has 0 fully saturated rings. The average Bonchev–Trinajstić information content (AvgIpc) is 1.97. The number of hydrogen-bond donors (Lipinski definition) is 2. The van der Waals surface area contributed by atoms with E-state index < -0.39 is 5.97 Å². The number of pyridine rings is 1. The molecule has 12 heavy (non-hydrogen) atoms. The fourth-order valence-corrected chi connectivity index (χ4v) is 1.24. The Labute approximate surface area is 77.0 Å². The van der Waals surface area contributed by atoms with Gasteiger partial charge in [-0.15, -0.1) is 0 Å². The van der Waals surface area contributed by atoms with Crippen molar-refractivity contribution in [2.75, 3.05) is 0 Å². The van der Waals surface area contributed by atoms with E-state index in [4.69, 9.17) is 5.11 Å². The molecule has 1 rings (SSSR count). The molecule has 1 aromatic heterocycles. The number of carboxylic acid groups (broad SMARTS) is 1. The number of halogens is 1. The van der Waals surface area contributed by atoms with E-state index in [1.54, 1.807) is 0 Å². The quantitative estimate of drug-likeness (QED) is 0.802. The summed E-state index contributed by atoms with van der Waals surface area (Å²) < 4.78 is 0.505. The number of nitrogens with zero attached hydrogens (tertiary/aromatic N) is 1. The van der Waals surface area contributed by atoms with Crippen molar-refractivity contribution in [2.45, 2.75) is 6.42 Å². The molecule has 0 aliphatic rings. The molecule has 0 saturated carbocycles. The third-order valence-corrected chi connectivity index (χ3v) is 1.99. The molecule has 64 valence electrons. The summed E-state index contributed by atoms with van der Waals surface area (Å²) in [6.45, 7) is 0. The molecule has 0 aliphatic carbocycles. The third kappa shape index (κ3) is 1.94. The van der Waals surface area contributed by atoms with Gasteiger partial charge in [-0.25, -0.2) is 0 Å². The Bertz CT molecular complexity index is 293. The van der Waals surface area contributed by atoms with Crippen LogP contribution in [0.4, 0.5) is 0 Å². The van der Waals surface area contributed by atoms with Crippen LogP contribution in [0.25, 0.3) is 0 Å². The normalized spacial score (nSPS) is 9.75. The van der Waals surface area contributed by atoms with Gasteiger partial charge < -0.3 is 10.2 Å². The van der Waals surface area contributed by atoms with Crippen molar-refractivity contribution in [1.82, 2.24) is 4.98 Å². The summed E-state index contributed by atoms with van der Waals surface area (Å²) in [6.07, 6.45) is 2.44. The van der Waals surface area contributed by atoms with Crippen molar-refractivity contribution >= 4 is 21.9 Å². The van der Waals surface area contributed by atoms with Crippen molar-refractivity contribution in [2.24, 2.45) is 0 Å². The van der Waals surface area contributed by atoms with E-state index in [9.17, 15) is 9.90 Å². The Hall–Kier alpha value is -1.10. The SMILES string of the molecule is O=C(O)Cc1c(O)cncc1Br. The first-order valence-corrected chi connectivity index (χ1v) is 3.93. The van der Waals surface area contributed by atoms with Crippen LogP contribution >= 0.6 is 15.9 Å². The standard InChI is InChI=1S/C7H6BrNO3/c8-5-2-9-3-6(10)4(5)1-7(11)12/h2-3,10H,1H2,(H,11,12). The van der Waals surface area contributed by atoms with Crippen LogP contribution in [0.5, 0.6) is 5.75 Å². The monoisotopic (exact) mass is 231 g/mol. The Kier molecular flexibility index (Phi) is 2.65. The van der Waals surface area contributed by atoms with Crippen LogP contribution in [0.3, 0.4) is 0 Å². The van der Waals surface area contributed by atoms with E-state index in [0.717, 1.165) is 0 Å². The first-order valence-electron chi connectivity index (χ1n) is 3.14. The van der Waals surface area contributed by atoms with Crippen LogP contribution in [0.2, 0.25) is 0 Å². The predicted octanol–water partition coefficient (Wildman–Crippen LogP) is 1.18. The van der Waals surface area contributed by atoms with Crippen LogP contribution in [-0.2, 0) is 11.2 Å². The Balaban J connectivity index is 3.04. The van der Waals surface area contributed by atoms with Crippen molar-refractivity contribution in [1.29, 1.82) is 0 Å². The zero-order valence-electron chi connectivity index (χ0n) is 5.99. The lowest BCUT2D eigenvalue weighted by molar-refractivity contribution is -0.136. The molecule has 1 heterocycles. The fourth-order valence-electron chi connectivity index (χ4n) is 0.778. The second-order valence-electron chi connectivity index (χ2n) is 2.19. The van der Waals surface area contributed by atoms with E-state index >= 15 is 0 Å². The summed E-state index contributed by atoms with van der Waals surface area (Å²) in [6, 6.07) is 0. The highest BCUT2D eigenvalue weighted by Crippen LogP contribution is 2.24. The molecule has 0 bridgehead atoms. The lowest BCUT2D eigenvalue weighted by Crippen LogP contribution is -2.01. The van der Waals surface area contributed by atoms with E-state index in [-0.39, 0.29) is 12.2 Å². The summed E-state index contributed by atoms with van der Waals surface area (Å²) in [7, 11) is 0. The minimum atomic E-state index is -0.989. The van der Waals surface area contributed by atoms with Gasteiger partial charge in [-0.1, -0.05) is 0 Å². The van der Waals surface area contributed by atoms with Crippen LogP contribution < -0.4 is 0 Å². The number of carboxylic acids is 1. The zero-order chi connectivity index (χ0) is 9.14. The fraction of sp³-hybridized carbons (Fsp3) is 0.143. The lowest BCUT2D eigenvalue weighted by atomic mass is 10.2. The van der Waals surface area contributed by atoms with Crippen LogP contribution in [0.1, 0.15) is 5.56 Å². The molecule has 0 spiro atoms. The van der Waals surface area contributed by atoms with E-state index in [1.807, 2.05) is 0 Å². The highest BCUT2D eigenvalue weighted by atomic mass is 79.9. The molecule has 0 aromatic carbocycles. The lowest BCUT2D eigenvalue weighted by Gasteiger charge is -2.02. The van der Waals surface area contributed by atoms with Gasteiger partial charge in [0, 0.05) is 16.2 Å². The maximum atomic E-state index is 10.3. The molecular formula is C7H6BrNO3. The third-order valence-electron chi connectivity index (χ3n) is 1.31. The van der Waals surface area contributed by atoms with Gasteiger partial charge in [-0.2, -0.15) is 0 Å². The number of aromatic nitrogens is 1. The maximum Gasteiger partial charge on any atom is 0.308 e. The highest BCUT2D eigenvalue weighted by molar-refractivity contribution is 9.10. The molecule has 0 amide bonds. The van der Waals surface area contributed by atoms with Crippen molar-refractivity contribution in [3.05, 3.63) is 22.4 Å². The number of hydrogen-bond acceptors (Lipinski definition) is 3. The highest BCUT2D eigenvalue weighted by Gasteiger charge is 2.09. The maximum absolute atomic E-state index is 10.3. The summed E-state index contributed by atoms with van der Waals surface area (Å²) in [5.41, 5.74) is 0.345. The van der Waals surface area contributed by atoms with Gasteiger partial charge in [0.25, 0.3) is 0 Å². The Morgan fingerprint density at radius 1 is 1.58 bits per heavy atom. The first-order chi connectivity index (χ1) is 5.61. The van der Waals surface area contributed by atoms with Gasteiger partial charge in [0.2, 0.25) is 0 Å². The van der Waals surface area contributed by atoms with E-state index in [0.29, 0.717) is 10.0 Å². The number of carbonyl (C=O) groups is 1. The molecule has 0 radical (unpaired) electrons. The Morgan fingerprint density at radius 2 is 2.25 bits per heavy atom. The van der Waals surface area contributed by atoms with Crippen LogP contribution in [0.15, 0.2) is 16.9 Å². The molecule has 1 aromatic rings. The molecule has 2 N–H and O–H groups in total. The minimum Gasteiger partial charge on any atom is -0.506 e. The molecule has 0 saturated heterocycles. The molecule has 0 unspecified atom stereocenters. The van der Waals surface area contributed by atoms with Gasteiger partial charge >= 0.3 is 5.97 Å². The van der Waals surface area contributed by atoms with Crippen molar-refractivity contribution in [3.8, 4) is 5.75 Å². The summed E-state index contributed by atoms with van der Waals surface area (Å²) in [5.74, 6) is -1.09. The van der Waals surface area contributed by atoms with Gasteiger partial charge in [0.1, 0.15) is 5.75 Å². The molecule has 4 nitrogen and oxygen atoms in total. The predicted molar refractivity (Wildman–Crippen MR) is 44.9 cm³/mol. The van der Waals surface area contributed by atoms with E-state index in [2.05, 4.69) is 20.9 Å². The van der Waals surface area contributed by atoms with Gasteiger partial charge in [0.05, 0.1) is 12.6 Å². The second-order valence-corrected chi connectivity index (χ2v) is 3.04. The number of rotatable bonds is 2. The zero-order valence-corrected chi connectivity index (χ0v) is 7.58. The number of aliphatic carboxylic acids is 1. The van der Waals surface area contributed by atoms with Crippen molar-refractivity contribution < 1.29 is 15.0 Å². The molecule has 5 heteroatoms. The number of aromatic hydroxyl groups is 1. The molecular weight excluding hydrogens is 226 g/mol. The Morgan fingerprint density at radius 3 is 2.75 bits per heavy atom. The van der Waals surface area contributed by atoms with Crippen LogP contribution in [-0.4, -0.2) is 21.2 Å². The second kappa shape index (κ2) is 3.53. The molecule has 0 aliphatic heterocycles. The average molecular weight is 232 g/mol. The largest absolute Gasteiger partial charge is 0.506 e. The van der Waals surface area contributed by atoms with Crippen LogP contribution in [0, 0.1) is 0 Å². The van der Waals surface area contributed by atoms with Gasteiger partial charge in [-0.05, 0) is 15.9 Å². The minimum absolute atomic E-state index is 0.105. The summed E-state index contributed by atoms with van der Waals surface area (Å²) in [4.78, 5) is 14.0. The van der Waals surface area contributed by atoms with E-state index in [1.165, 1.54) is 12.4 Å². The van der Waals surface area contributed by atoms with Crippen molar-refractivity contribution in [3.63, 3.8) is 0 Å². The topological polar surface area (TPSA) is 70.4 Å². The first kappa shape index (κ1) is 8.99.